The van der Waals surface area contributed by atoms with Crippen LogP contribution >= 0.6 is 0 Å². The van der Waals surface area contributed by atoms with E-state index in [-0.39, 0.29) is 35.3 Å². The Kier molecular flexibility index (Phi) is 3.32. The molecule has 0 unspecified atom stereocenters. The molecule has 0 fully saturated rings. The maximum absolute atomic E-state index is 10.3. The number of hydrogen-bond acceptors (Lipinski definition) is 3. The topological polar surface area (TPSA) is 52.5 Å². The molecule has 0 amide bonds. The van der Waals surface area contributed by atoms with E-state index >= 15 is 0 Å². The average Bonchev–Trinajstić information content (AvgIpc) is 2.40. The van der Waals surface area contributed by atoms with E-state index in [0.717, 1.165) is 10.1 Å². The molecule has 0 spiro atoms. The number of aliphatic carboxylic acids is 1. The van der Waals surface area contributed by atoms with E-state index < -0.39 is 5.97 Å². The summed E-state index contributed by atoms with van der Waals surface area (Å²) in [5.41, 5.74) is 1.03. The van der Waals surface area contributed by atoms with Crippen molar-refractivity contribution in [3.63, 3.8) is 0 Å². The summed E-state index contributed by atoms with van der Waals surface area (Å²) in [6.45, 7) is 0. The number of carboxylic acids is 1. The Bertz CT molecular complexity index is 345. The molecule has 0 bridgehead atoms. The van der Waals surface area contributed by atoms with E-state index in [9.17, 15) is 9.90 Å². The fourth-order valence-corrected chi connectivity index (χ4v) is 2.73. The molecule has 2 heterocycles. The molecule has 5 heteroatoms. The van der Waals surface area contributed by atoms with Crippen LogP contribution in [0.3, 0.4) is 0 Å². The number of carbonyl (C=O) groups is 1. The van der Waals surface area contributed by atoms with Crippen molar-refractivity contribution in [3.8, 4) is 0 Å². The minimum absolute atomic E-state index is 0. The van der Waals surface area contributed by atoms with Gasteiger partial charge in [-0.15, -0.1) is 0 Å². The summed E-state index contributed by atoms with van der Waals surface area (Å²) in [5.74, 6) is -1.14. The zero-order chi connectivity index (χ0) is 7.84. The summed E-state index contributed by atoms with van der Waals surface area (Å²) in [6.07, 6.45) is 0.491. The number of carboxylic acid groups (broad SMARTS) is 1. The van der Waals surface area contributed by atoms with Crippen LogP contribution in [0.5, 0.6) is 0 Å². The van der Waals surface area contributed by atoms with E-state index in [1.165, 1.54) is 0 Å². The van der Waals surface area contributed by atoms with Crippen molar-refractivity contribution in [3.05, 3.63) is 15.4 Å². The number of carbonyl (C=O) groups excluding carboxylic acids is 1. The van der Waals surface area contributed by atoms with Crippen molar-refractivity contribution in [2.24, 2.45) is 4.99 Å². The van der Waals surface area contributed by atoms with Crippen LogP contribution < -0.4 is 34.7 Å². The molecule has 1 aromatic heterocycles. The molecule has 0 N–H and O–H groups in total. The molecular formula is C7H4NNaO2Se. The second-order valence-corrected chi connectivity index (χ2v) is 4.35. The smallest absolute Gasteiger partial charge is 1.00 e. The van der Waals surface area contributed by atoms with Crippen molar-refractivity contribution in [1.82, 2.24) is 0 Å². The van der Waals surface area contributed by atoms with Gasteiger partial charge in [-0.1, -0.05) is 0 Å². The molecule has 0 aliphatic carbocycles. The van der Waals surface area contributed by atoms with Crippen LogP contribution in [0.15, 0.2) is 16.0 Å². The molecule has 0 atom stereocenters. The fraction of sp³-hybridized carbons (Fsp3) is 0.143. The van der Waals surface area contributed by atoms with Crippen LogP contribution in [0.1, 0.15) is 4.44 Å². The number of fused-ring (bicyclic) bond motifs is 1. The van der Waals surface area contributed by atoms with Crippen LogP contribution in [0.2, 0.25) is 0 Å². The third-order valence-corrected chi connectivity index (χ3v) is 3.45. The summed E-state index contributed by atoms with van der Waals surface area (Å²) >= 11 is 0.329. The van der Waals surface area contributed by atoms with Crippen LogP contribution in [0.4, 0.5) is 5.69 Å². The number of hydrogen-bond donors (Lipinski definition) is 0. The van der Waals surface area contributed by atoms with Crippen molar-refractivity contribution in [1.29, 1.82) is 0 Å². The molecule has 0 saturated heterocycles. The largest absolute Gasteiger partial charge is 1.00 e. The Labute approximate surface area is 97.5 Å². The van der Waals surface area contributed by atoms with E-state index in [2.05, 4.69) is 4.99 Å². The van der Waals surface area contributed by atoms with Gasteiger partial charge >= 0.3 is 98.2 Å². The first-order chi connectivity index (χ1) is 5.27. The van der Waals surface area contributed by atoms with E-state index in [1.807, 2.05) is 11.0 Å². The average molecular weight is 236 g/mol. The molecule has 1 aromatic rings. The third-order valence-electron chi connectivity index (χ3n) is 1.54. The minimum atomic E-state index is -1.14. The predicted octanol–water partition coefficient (Wildman–Crippen LogP) is -3.87. The Morgan fingerprint density at radius 1 is 1.67 bits per heavy atom. The molecule has 3 nitrogen and oxygen atoms in total. The first-order valence-corrected chi connectivity index (χ1v) is 4.97. The van der Waals surface area contributed by atoms with Crippen molar-refractivity contribution < 1.29 is 39.5 Å². The molecule has 0 saturated carbocycles. The first kappa shape index (κ1) is 10.2. The van der Waals surface area contributed by atoms with Gasteiger partial charge in [0.1, 0.15) is 0 Å². The molecule has 1 aliphatic heterocycles. The van der Waals surface area contributed by atoms with Gasteiger partial charge in [0.25, 0.3) is 0 Å². The molecule has 2 rings (SSSR count). The van der Waals surface area contributed by atoms with Gasteiger partial charge in [0.05, 0.1) is 0 Å². The Balaban J connectivity index is 0.000000720. The predicted molar refractivity (Wildman–Crippen MR) is 39.2 cm³/mol. The number of rotatable bonds is 1. The third kappa shape index (κ3) is 1.73. The Morgan fingerprint density at radius 2 is 2.42 bits per heavy atom. The van der Waals surface area contributed by atoms with Gasteiger partial charge in [-0.3, -0.25) is 0 Å². The first-order valence-electron chi connectivity index (χ1n) is 3.12. The van der Waals surface area contributed by atoms with Crippen LogP contribution in [0.25, 0.3) is 0 Å². The molecule has 0 radical (unpaired) electrons. The SMILES string of the molecule is O=C([O-])C1=Nc2cc[se]c2C1.[Na+]. The monoisotopic (exact) mass is 237 g/mol. The molecular weight excluding hydrogens is 232 g/mol. The minimum Gasteiger partial charge on any atom is 1.00 e. The summed E-state index contributed by atoms with van der Waals surface area (Å²) < 4.78 is 1.16. The van der Waals surface area contributed by atoms with E-state index in [4.69, 9.17) is 0 Å². The van der Waals surface area contributed by atoms with Gasteiger partial charge in [0, 0.05) is 0 Å². The van der Waals surface area contributed by atoms with Gasteiger partial charge in [-0.05, 0) is 0 Å². The molecule has 12 heavy (non-hydrogen) atoms. The van der Waals surface area contributed by atoms with Crippen LogP contribution in [-0.2, 0) is 11.2 Å². The van der Waals surface area contributed by atoms with Gasteiger partial charge < -0.3 is 0 Å². The Hall–Kier alpha value is 0.139. The van der Waals surface area contributed by atoms with E-state index in [0.29, 0.717) is 20.9 Å². The summed E-state index contributed by atoms with van der Waals surface area (Å²) in [5, 5.41) is 10.3. The summed E-state index contributed by atoms with van der Waals surface area (Å²) in [7, 11) is 0. The second-order valence-electron chi connectivity index (χ2n) is 2.25. The standard InChI is InChI=1S/C7H5NO2Se.Na/c9-7(10)5-3-6-4(8-5)1-2-11-6;/h1-2H,3H2,(H,9,10);/q;+1/p-1. The van der Waals surface area contributed by atoms with Gasteiger partial charge in [0.2, 0.25) is 0 Å². The Morgan fingerprint density at radius 3 is 3.00 bits per heavy atom. The fourth-order valence-electron chi connectivity index (χ4n) is 1.02. The van der Waals surface area contributed by atoms with Gasteiger partial charge in [-0.25, -0.2) is 0 Å². The molecule has 56 valence electrons. The van der Waals surface area contributed by atoms with Crippen LogP contribution in [0, 0.1) is 0 Å². The number of aliphatic imine (C=N–C) groups is 1. The summed E-state index contributed by atoms with van der Waals surface area (Å²) in [4.78, 5) is 16.3. The normalized spacial score (nSPS) is 13.2. The maximum atomic E-state index is 10.3. The zero-order valence-corrected chi connectivity index (χ0v) is 10.2. The van der Waals surface area contributed by atoms with E-state index in [1.54, 1.807) is 0 Å². The quantitative estimate of drug-likeness (QED) is 0.468. The summed E-state index contributed by atoms with van der Waals surface area (Å²) in [6, 6.07) is 1.88. The maximum Gasteiger partial charge on any atom is 1.00 e. The second kappa shape index (κ2) is 3.90. The number of nitrogens with zero attached hydrogens (tertiary/aromatic N) is 1. The molecule has 1 aliphatic rings. The zero-order valence-electron chi connectivity index (χ0n) is 6.53. The van der Waals surface area contributed by atoms with Crippen molar-refractivity contribution >= 4 is 31.9 Å². The van der Waals surface area contributed by atoms with Gasteiger partial charge in [0.15, 0.2) is 0 Å². The van der Waals surface area contributed by atoms with Gasteiger partial charge in [-0.2, -0.15) is 0 Å². The van der Waals surface area contributed by atoms with Crippen molar-refractivity contribution in [2.75, 3.05) is 0 Å². The molecule has 0 aromatic carbocycles. The van der Waals surface area contributed by atoms with Crippen LogP contribution in [-0.4, -0.2) is 26.2 Å². The van der Waals surface area contributed by atoms with Crippen molar-refractivity contribution in [2.45, 2.75) is 6.42 Å².